The number of halogens is 1. The summed E-state index contributed by atoms with van der Waals surface area (Å²) in [5.74, 6) is 1.24. The topological polar surface area (TPSA) is 37.8 Å². The summed E-state index contributed by atoms with van der Waals surface area (Å²) in [5.41, 5.74) is 1.62. The van der Waals surface area contributed by atoms with E-state index in [9.17, 15) is 4.39 Å². The fraction of sp³-hybridized carbons (Fsp3) is 0.375. The van der Waals surface area contributed by atoms with Crippen LogP contribution in [0.15, 0.2) is 29.2 Å². The number of hydrogen-bond acceptors (Lipinski definition) is 4. The number of nitrogens with one attached hydrogen (secondary N) is 1. The van der Waals surface area contributed by atoms with Crippen molar-refractivity contribution in [2.45, 2.75) is 37.8 Å². The molecule has 0 bridgehead atoms. The normalized spacial score (nSPS) is 10.7. The molecule has 0 fully saturated rings. The molecule has 0 saturated carbocycles. The van der Waals surface area contributed by atoms with Gasteiger partial charge in [-0.05, 0) is 31.9 Å². The van der Waals surface area contributed by atoms with Crippen molar-refractivity contribution in [1.82, 2.24) is 9.97 Å². The van der Waals surface area contributed by atoms with Gasteiger partial charge in [0.25, 0.3) is 0 Å². The Balaban J connectivity index is 2.13. The summed E-state index contributed by atoms with van der Waals surface area (Å²) in [4.78, 5) is 9.74. The molecule has 5 heteroatoms. The van der Waals surface area contributed by atoms with Crippen LogP contribution in [0.5, 0.6) is 0 Å². The fourth-order valence-electron chi connectivity index (χ4n) is 1.90. The third-order valence-corrected chi connectivity index (χ3v) is 4.23. The fourth-order valence-corrected chi connectivity index (χ4v) is 2.79. The standard InChI is InChI=1S/C16H20FN3S/c1-4-9-18-16-15(17)12(3)19-14(20-16)10-21-13-8-6-5-7-11(13)2/h5-8H,4,9-10H2,1-3H3,(H,18,19,20). The maximum atomic E-state index is 13.9. The number of benzene rings is 1. The third-order valence-electron chi connectivity index (χ3n) is 3.06. The van der Waals surface area contributed by atoms with E-state index < -0.39 is 0 Å². The predicted octanol–water partition coefficient (Wildman–Crippen LogP) is 4.35. The van der Waals surface area contributed by atoms with Gasteiger partial charge in [0.15, 0.2) is 11.6 Å². The first kappa shape index (κ1) is 15.8. The van der Waals surface area contributed by atoms with Crippen molar-refractivity contribution in [3.8, 4) is 0 Å². The van der Waals surface area contributed by atoms with E-state index in [0.717, 1.165) is 6.42 Å². The van der Waals surface area contributed by atoms with Crippen LogP contribution < -0.4 is 5.32 Å². The van der Waals surface area contributed by atoms with E-state index in [4.69, 9.17) is 0 Å². The Kier molecular flexibility index (Phi) is 5.56. The molecule has 0 unspecified atom stereocenters. The van der Waals surface area contributed by atoms with Gasteiger partial charge in [-0.3, -0.25) is 0 Å². The first-order valence-corrected chi connectivity index (χ1v) is 8.05. The molecule has 0 aliphatic rings. The van der Waals surface area contributed by atoms with Crippen molar-refractivity contribution in [2.75, 3.05) is 11.9 Å². The second-order valence-electron chi connectivity index (χ2n) is 4.87. The van der Waals surface area contributed by atoms with Crippen molar-refractivity contribution in [2.24, 2.45) is 0 Å². The molecule has 21 heavy (non-hydrogen) atoms. The van der Waals surface area contributed by atoms with Crippen LogP contribution >= 0.6 is 11.8 Å². The maximum absolute atomic E-state index is 13.9. The van der Waals surface area contributed by atoms with Crippen molar-refractivity contribution < 1.29 is 4.39 Å². The number of aryl methyl sites for hydroxylation is 2. The number of hydrogen-bond donors (Lipinski definition) is 1. The Morgan fingerprint density at radius 1 is 1.19 bits per heavy atom. The van der Waals surface area contributed by atoms with E-state index in [2.05, 4.69) is 34.3 Å². The van der Waals surface area contributed by atoms with E-state index in [1.54, 1.807) is 18.7 Å². The van der Waals surface area contributed by atoms with Crippen LogP contribution in [0.25, 0.3) is 0 Å². The smallest absolute Gasteiger partial charge is 0.186 e. The molecule has 0 amide bonds. The van der Waals surface area contributed by atoms with Gasteiger partial charge in [-0.15, -0.1) is 11.8 Å². The molecular formula is C16H20FN3S. The highest BCUT2D eigenvalue weighted by molar-refractivity contribution is 7.98. The molecule has 0 aliphatic carbocycles. The predicted molar refractivity (Wildman–Crippen MR) is 86.2 cm³/mol. The molecule has 2 aromatic rings. The summed E-state index contributed by atoms with van der Waals surface area (Å²) in [7, 11) is 0. The zero-order chi connectivity index (χ0) is 15.2. The molecule has 2 rings (SSSR count). The lowest BCUT2D eigenvalue weighted by Gasteiger charge is -2.10. The van der Waals surface area contributed by atoms with Crippen LogP contribution in [0, 0.1) is 19.7 Å². The van der Waals surface area contributed by atoms with Gasteiger partial charge >= 0.3 is 0 Å². The SMILES string of the molecule is CCCNc1nc(CSc2ccccc2C)nc(C)c1F. The molecule has 0 spiro atoms. The molecule has 1 aromatic heterocycles. The Morgan fingerprint density at radius 2 is 1.95 bits per heavy atom. The van der Waals surface area contributed by atoms with Gasteiger partial charge in [-0.25, -0.2) is 14.4 Å². The monoisotopic (exact) mass is 305 g/mol. The third kappa shape index (κ3) is 4.17. The van der Waals surface area contributed by atoms with Crippen molar-refractivity contribution in [1.29, 1.82) is 0 Å². The number of aromatic nitrogens is 2. The number of rotatable bonds is 6. The average molecular weight is 305 g/mol. The average Bonchev–Trinajstić information content (AvgIpc) is 2.48. The largest absolute Gasteiger partial charge is 0.368 e. The Hall–Kier alpha value is -1.62. The molecule has 0 radical (unpaired) electrons. The van der Waals surface area contributed by atoms with Gasteiger partial charge in [-0.2, -0.15) is 0 Å². The zero-order valence-electron chi connectivity index (χ0n) is 12.6. The lowest BCUT2D eigenvalue weighted by Crippen LogP contribution is -2.09. The first-order chi connectivity index (χ1) is 10.1. The van der Waals surface area contributed by atoms with E-state index in [-0.39, 0.29) is 5.82 Å². The number of nitrogens with zero attached hydrogens (tertiary/aromatic N) is 2. The minimum absolute atomic E-state index is 0.310. The molecule has 112 valence electrons. The molecule has 1 heterocycles. The van der Waals surface area contributed by atoms with Gasteiger partial charge in [0.1, 0.15) is 5.82 Å². The molecule has 0 aliphatic heterocycles. The Labute approximate surface area is 129 Å². The maximum Gasteiger partial charge on any atom is 0.186 e. The quantitative estimate of drug-likeness (QED) is 0.805. The molecule has 0 saturated heterocycles. The number of anilines is 1. The highest BCUT2D eigenvalue weighted by Gasteiger charge is 2.11. The Morgan fingerprint density at radius 3 is 2.67 bits per heavy atom. The Bertz CT molecular complexity index is 616. The first-order valence-electron chi connectivity index (χ1n) is 7.07. The summed E-state index contributed by atoms with van der Waals surface area (Å²) in [6.45, 7) is 6.50. The van der Waals surface area contributed by atoms with E-state index >= 15 is 0 Å². The summed E-state index contributed by atoms with van der Waals surface area (Å²) in [5, 5.41) is 3.02. The van der Waals surface area contributed by atoms with Crippen molar-refractivity contribution in [3.63, 3.8) is 0 Å². The van der Waals surface area contributed by atoms with Gasteiger partial charge in [-0.1, -0.05) is 25.1 Å². The molecule has 0 atom stereocenters. The minimum atomic E-state index is -0.354. The summed E-state index contributed by atoms with van der Waals surface area (Å²) >= 11 is 1.67. The van der Waals surface area contributed by atoms with Crippen LogP contribution in [0.4, 0.5) is 10.2 Å². The zero-order valence-corrected chi connectivity index (χ0v) is 13.4. The van der Waals surface area contributed by atoms with E-state index in [1.807, 2.05) is 19.1 Å². The molecule has 1 N–H and O–H groups in total. The van der Waals surface area contributed by atoms with Gasteiger partial charge in [0.2, 0.25) is 0 Å². The van der Waals surface area contributed by atoms with Crippen LogP contribution in [0.2, 0.25) is 0 Å². The van der Waals surface area contributed by atoms with E-state index in [0.29, 0.717) is 29.6 Å². The van der Waals surface area contributed by atoms with Crippen molar-refractivity contribution >= 4 is 17.6 Å². The molecule has 3 nitrogen and oxygen atoms in total. The van der Waals surface area contributed by atoms with Gasteiger partial charge in [0, 0.05) is 11.4 Å². The molecule has 1 aromatic carbocycles. The highest BCUT2D eigenvalue weighted by Crippen LogP contribution is 2.25. The lowest BCUT2D eigenvalue weighted by molar-refractivity contribution is 0.601. The van der Waals surface area contributed by atoms with Gasteiger partial charge in [0.05, 0.1) is 11.4 Å². The second-order valence-corrected chi connectivity index (χ2v) is 5.89. The summed E-state index contributed by atoms with van der Waals surface area (Å²) in [6, 6.07) is 8.19. The lowest BCUT2D eigenvalue weighted by atomic mass is 10.2. The summed E-state index contributed by atoms with van der Waals surface area (Å²) < 4.78 is 13.9. The van der Waals surface area contributed by atoms with Crippen LogP contribution in [-0.2, 0) is 5.75 Å². The van der Waals surface area contributed by atoms with Crippen LogP contribution in [-0.4, -0.2) is 16.5 Å². The minimum Gasteiger partial charge on any atom is -0.368 e. The number of thioether (sulfide) groups is 1. The van der Waals surface area contributed by atoms with Crippen molar-refractivity contribution in [3.05, 3.63) is 47.2 Å². The molecular weight excluding hydrogens is 285 g/mol. The second kappa shape index (κ2) is 7.41. The van der Waals surface area contributed by atoms with Gasteiger partial charge < -0.3 is 5.32 Å². The highest BCUT2D eigenvalue weighted by atomic mass is 32.2. The summed E-state index contributed by atoms with van der Waals surface area (Å²) in [6.07, 6.45) is 0.926. The van der Waals surface area contributed by atoms with Crippen LogP contribution in [0.3, 0.4) is 0 Å². The van der Waals surface area contributed by atoms with Crippen LogP contribution in [0.1, 0.15) is 30.4 Å². The van der Waals surface area contributed by atoms with E-state index in [1.165, 1.54) is 10.5 Å².